The number of para-hydroxylation sites is 1. The molecule has 0 atom stereocenters. The molecule has 2 heterocycles. The largest absolute Gasteiger partial charge is 0.366 e. The maximum atomic E-state index is 14.4. The molecule has 160 valence electrons. The maximum absolute atomic E-state index is 14.4. The van der Waals surface area contributed by atoms with E-state index in [0.29, 0.717) is 44.9 Å². The Balaban J connectivity index is 1.71. The molecule has 6 nitrogen and oxygen atoms in total. The Hall–Kier alpha value is -4.65. The van der Waals surface area contributed by atoms with E-state index in [4.69, 9.17) is 15.7 Å². The Morgan fingerprint density at radius 1 is 0.879 bits per heavy atom. The standard InChI is InChI=1S/C26H18FN5O/c27-21-9-3-1-7-18(21)16-11-12-20-23(14-16)31-25(17-6-5-13-29-15-17)32-26(20)30-22-10-4-2-8-19(22)24(28)33/h1-15H,(H2,28,33)(H,30,31,32). The number of hydrogen-bond donors (Lipinski definition) is 2. The van der Waals surface area contributed by atoms with Crippen LogP contribution in [0.5, 0.6) is 0 Å². The van der Waals surface area contributed by atoms with E-state index in [1.165, 1.54) is 6.07 Å². The van der Waals surface area contributed by atoms with Crippen molar-refractivity contribution < 1.29 is 9.18 Å². The van der Waals surface area contributed by atoms with Crippen LogP contribution in [0, 0.1) is 5.82 Å². The summed E-state index contributed by atoms with van der Waals surface area (Å²) in [7, 11) is 0. The molecule has 0 aliphatic carbocycles. The van der Waals surface area contributed by atoms with Gasteiger partial charge in [-0.25, -0.2) is 14.4 Å². The fraction of sp³-hybridized carbons (Fsp3) is 0. The molecule has 0 bridgehead atoms. The molecule has 0 unspecified atom stereocenters. The molecule has 1 amide bonds. The average molecular weight is 435 g/mol. The van der Waals surface area contributed by atoms with Gasteiger partial charge in [0.15, 0.2) is 5.82 Å². The summed E-state index contributed by atoms with van der Waals surface area (Å²) in [4.78, 5) is 25.5. The Kier molecular flexibility index (Phi) is 5.20. The third-order valence-electron chi connectivity index (χ3n) is 5.25. The highest BCUT2D eigenvalue weighted by Gasteiger charge is 2.15. The third kappa shape index (κ3) is 3.99. The van der Waals surface area contributed by atoms with Crippen molar-refractivity contribution in [1.29, 1.82) is 0 Å². The second kappa shape index (κ2) is 8.47. The number of amides is 1. The average Bonchev–Trinajstić information content (AvgIpc) is 2.84. The van der Waals surface area contributed by atoms with Crippen molar-refractivity contribution in [2.24, 2.45) is 5.73 Å². The van der Waals surface area contributed by atoms with Crippen molar-refractivity contribution >= 4 is 28.3 Å². The number of primary amides is 1. The van der Waals surface area contributed by atoms with Crippen LogP contribution in [0.4, 0.5) is 15.9 Å². The molecule has 3 N–H and O–H groups in total. The van der Waals surface area contributed by atoms with Crippen LogP contribution >= 0.6 is 0 Å². The van der Waals surface area contributed by atoms with Crippen LogP contribution in [0.25, 0.3) is 33.4 Å². The van der Waals surface area contributed by atoms with E-state index < -0.39 is 5.91 Å². The van der Waals surface area contributed by atoms with Gasteiger partial charge in [-0.1, -0.05) is 36.4 Å². The van der Waals surface area contributed by atoms with Gasteiger partial charge in [0.25, 0.3) is 5.91 Å². The normalized spacial score (nSPS) is 10.8. The van der Waals surface area contributed by atoms with Gasteiger partial charge in [-0.2, -0.15) is 0 Å². The van der Waals surface area contributed by atoms with Gasteiger partial charge < -0.3 is 11.1 Å². The van der Waals surface area contributed by atoms with E-state index in [1.54, 1.807) is 60.9 Å². The molecule has 33 heavy (non-hydrogen) atoms. The lowest BCUT2D eigenvalue weighted by Gasteiger charge is -2.14. The molecule has 0 aliphatic heterocycles. The van der Waals surface area contributed by atoms with Crippen LogP contribution < -0.4 is 11.1 Å². The lowest BCUT2D eigenvalue weighted by molar-refractivity contribution is 0.100. The summed E-state index contributed by atoms with van der Waals surface area (Å²) in [5.41, 5.74) is 8.93. The second-order valence-corrected chi connectivity index (χ2v) is 7.38. The van der Waals surface area contributed by atoms with E-state index in [-0.39, 0.29) is 5.82 Å². The number of rotatable bonds is 5. The van der Waals surface area contributed by atoms with Gasteiger partial charge in [0.2, 0.25) is 0 Å². The van der Waals surface area contributed by atoms with E-state index >= 15 is 0 Å². The first-order valence-electron chi connectivity index (χ1n) is 10.2. The summed E-state index contributed by atoms with van der Waals surface area (Å²) in [5.74, 6) is 0.0749. The molecule has 7 heteroatoms. The Morgan fingerprint density at radius 3 is 2.48 bits per heavy atom. The first-order valence-corrected chi connectivity index (χ1v) is 10.2. The molecule has 0 saturated carbocycles. The number of anilines is 2. The molecular formula is C26H18FN5O. The maximum Gasteiger partial charge on any atom is 0.250 e. The van der Waals surface area contributed by atoms with Crippen LogP contribution in [0.1, 0.15) is 10.4 Å². The highest BCUT2D eigenvalue weighted by molar-refractivity contribution is 6.01. The van der Waals surface area contributed by atoms with Crippen molar-refractivity contribution in [3.8, 4) is 22.5 Å². The summed E-state index contributed by atoms with van der Waals surface area (Å²) >= 11 is 0. The fourth-order valence-electron chi connectivity index (χ4n) is 3.65. The number of nitrogens with zero attached hydrogens (tertiary/aromatic N) is 3. The third-order valence-corrected chi connectivity index (χ3v) is 5.25. The van der Waals surface area contributed by atoms with Gasteiger partial charge in [0.1, 0.15) is 11.6 Å². The zero-order valence-corrected chi connectivity index (χ0v) is 17.4. The number of carbonyl (C=O) groups is 1. The lowest BCUT2D eigenvalue weighted by atomic mass is 10.0. The Bertz CT molecular complexity index is 1490. The van der Waals surface area contributed by atoms with Crippen molar-refractivity contribution in [3.05, 3.63) is 103 Å². The van der Waals surface area contributed by atoms with Crippen LogP contribution in [0.2, 0.25) is 0 Å². The van der Waals surface area contributed by atoms with E-state index in [2.05, 4.69) is 10.3 Å². The zero-order chi connectivity index (χ0) is 22.8. The number of benzene rings is 3. The van der Waals surface area contributed by atoms with Crippen molar-refractivity contribution in [1.82, 2.24) is 15.0 Å². The quantitative estimate of drug-likeness (QED) is 0.389. The predicted octanol–water partition coefficient (Wildman–Crippen LogP) is 5.34. The highest BCUT2D eigenvalue weighted by Crippen LogP contribution is 2.32. The smallest absolute Gasteiger partial charge is 0.250 e. The number of nitrogens with two attached hydrogens (primary N) is 1. The number of halogens is 1. The predicted molar refractivity (Wildman–Crippen MR) is 126 cm³/mol. The fourth-order valence-corrected chi connectivity index (χ4v) is 3.65. The highest BCUT2D eigenvalue weighted by atomic mass is 19.1. The monoisotopic (exact) mass is 435 g/mol. The summed E-state index contributed by atoms with van der Waals surface area (Å²) in [6.07, 6.45) is 3.34. The molecule has 0 radical (unpaired) electrons. The number of hydrogen-bond acceptors (Lipinski definition) is 5. The number of fused-ring (bicyclic) bond motifs is 1. The molecule has 2 aromatic heterocycles. The zero-order valence-electron chi connectivity index (χ0n) is 17.4. The molecular weight excluding hydrogens is 417 g/mol. The van der Waals surface area contributed by atoms with Crippen molar-refractivity contribution in [3.63, 3.8) is 0 Å². The molecule has 5 rings (SSSR count). The minimum absolute atomic E-state index is 0.313. The molecule has 0 fully saturated rings. The second-order valence-electron chi connectivity index (χ2n) is 7.38. The van der Waals surface area contributed by atoms with Gasteiger partial charge in [-0.3, -0.25) is 9.78 Å². The Morgan fingerprint density at radius 2 is 1.70 bits per heavy atom. The van der Waals surface area contributed by atoms with Gasteiger partial charge in [-0.05, 0) is 48.0 Å². The summed E-state index contributed by atoms with van der Waals surface area (Å²) in [6.45, 7) is 0. The lowest BCUT2D eigenvalue weighted by Crippen LogP contribution is -2.13. The topological polar surface area (TPSA) is 93.8 Å². The minimum Gasteiger partial charge on any atom is -0.366 e. The molecule has 0 aliphatic rings. The van der Waals surface area contributed by atoms with Gasteiger partial charge in [0, 0.05) is 28.9 Å². The van der Waals surface area contributed by atoms with Gasteiger partial charge in [0.05, 0.1) is 16.8 Å². The molecule has 0 saturated heterocycles. The van der Waals surface area contributed by atoms with Gasteiger partial charge >= 0.3 is 0 Å². The first kappa shape index (κ1) is 20.3. The van der Waals surface area contributed by atoms with E-state index in [9.17, 15) is 9.18 Å². The van der Waals surface area contributed by atoms with Crippen LogP contribution in [0.15, 0.2) is 91.3 Å². The van der Waals surface area contributed by atoms with Crippen LogP contribution in [0.3, 0.4) is 0 Å². The Labute approximate surface area is 189 Å². The van der Waals surface area contributed by atoms with Crippen molar-refractivity contribution in [2.45, 2.75) is 0 Å². The SMILES string of the molecule is NC(=O)c1ccccc1Nc1nc(-c2cccnc2)nc2cc(-c3ccccc3F)ccc12. The molecule has 5 aromatic rings. The number of carbonyl (C=O) groups excluding carboxylic acids is 1. The van der Waals surface area contributed by atoms with Crippen molar-refractivity contribution in [2.75, 3.05) is 5.32 Å². The number of nitrogens with one attached hydrogen (secondary N) is 1. The summed E-state index contributed by atoms with van der Waals surface area (Å²) in [6, 6.07) is 22.7. The molecule has 3 aromatic carbocycles. The summed E-state index contributed by atoms with van der Waals surface area (Å²) < 4.78 is 14.4. The van der Waals surface area contributed by atoms with Crippen LogP contribution in [-0.4, -0.2) is 20.9 Å². The summed E-state index contributed by atoms with van der Waals surface area (Å²) in [5, 5.41) is 3.94. The first-order chi connectivity index (χ1) is 16.1. The number of aromatic nitrogens is 3. The molecule has 0 spiro atoms. The van der Waals surface area contributed by atoms with Crippen LogP contribution in [-0.2, 0) is 0 Å². The van der Waals surface area contributed by atoms with E-state index in [0.717, 1.165) is 5.56 Å². The minimum atomic E-state index is -0.550. The number of pyridine rings is 1. The van der Waals surface area contributed by atoms with Gasteiger partial charge in [-0.15, -0.1) is 0 Å². The van der Waals surface area contributed by atoms with E-state index in [1.807, 2.05) is 24.3 Å².